The average molecular weight is 561 g/mol. The molecule has 0 saturated carbocycles. The summed E-state index contributed by atoms with van der Waals surface area (Å²) < 4.78 is 22.0. The van der Waals surface area contributed by atoms with Gasteiger partial charge < -0.3 is 18.9 Å². The number of methoxy groups -OCH3 is 2. The molecule has 0 N–H and O–H groups in total. The highest BCUT2D eigenvalue weighted by atomic mass is 16.5. The van der Waals surface area contributed by atoms with Gasteiger partial charge in [0, 0.05) is 35.7 Å². The number of benzene rings is 3. The summed E-state index contributed by atoms with van der Waals surface area (Å²) >= 11 is 0. The smallest absolute Gasteiger partial charge is 0.308 e. The summed E-state index contributed by atoms with van der Waals surface area (Å²) in [6, 6.07) is 22.3. The molecule has 0 aliphatic heterocycles. The van der Waals surface area contributed by atoms with E-state index in [2.05, 4.69) is 9.97 Å². The maximum Gasteiger partial charge on any atom is 0.308 e. The molecule has 0 aliphatic rings. The highest BCUT2D eigenvalue weighted by Gasteiger charge is 2.11. The van der Waals surface area contributed by atoms with E-state index in [1.54, 1.807) is 26.4 Å². The number of aromatic nitrogens is 2. The normalized spacial score (nSPS) is 11.3. The van der Waals surface area contributed by atoms with Crippen LogP contribution in [0.1, 0.15) is 36.4 Å². The number of hydrogen-bond acceptors (Lipinski definition) is 8. The summed E-state index contributed by atoms with van der Waals surface area (Å²) in [4.78, 5) is 32.4. The fourth-order valence-electron chi connectivity index (χ4n) is 4.49. The Hall–Kier alpha value is -5.50. The Morgan fingerprint density at radius 2 is 1.00 bits per heavy atom. The van der Waals surface area contributed by atoms with Gasteiger partial charge in [-0.15, -0.1) is 0 Å². The fraction of sp³-hybridized carbons (Fsp3) is 0.118. The molecule has 8 heteroatoms. The quantitative estimate of drug-likeness (QED) is 0.148. The van der Waals surface area contributed by atoms with Gasteiger partial charge in [-0.1, -0.05) is 36.4 Å². The van der Waals surface area contributed by atoms with Gasteiger partial charge in [0.05, 0.1) is 25.6 Å². The van der Waals surface area contributed by atoms with Gasteiger partial charge in [-0.05, 0) is 60.7 Å². The first-order chi connectivity index (χ1) is 20.3. The first kappa shape index (κ1) is 28.0. The van der Waals surface area contributed by atoms with Crippen molar-refractivity contribution in [3.05, 3.63) is 95.3 Å². The molecule has 210 valence electrons. The lowest BCUT2D eigenvalue weighted by atomic mass is 10.1. The van der Waals surface area contributed by atoms with Gasteiger partial charge >= 0.3 is 11.9 Å². The molecular formula is C34H28N2O6. The Morgan fingerprint density at radius 1 is 0.571 bits per heavy atom. The van der Waals surface area contributed by atoms with Crippen LogP contribution in [0, 0.1) is 0 Å². The van der Waals surface area contributed by atoms with E-state index in [1.165, 1.54) is 13.8 Å². The van der Waals surface area contributed by atoms with Crippen molar-refractivity contribution < 1.29 is 28.5 Å². The summed E-state index contributed by atoms with van der Waals surface area (Å²) in [6.45, 7) is 2.72. The Morgan fingerprint density at radius 3 is 1.38 bits per heavy atom. The zero-order chi connectivity index (χ0) is 29.6. The van der Waals surface area contributed by atoms with Crippen LogP contribution in [-0.2, 0) is 9.59 Å². The second kappa shape index (κ2) is 12.3. The largest absolute Gasteiger partial charge is 0.496 e. The second-order valence-corrected chi connectivity index (χ2v) is 9.32. The first-order valence-electron chi connectivity index (χ1n) is 13.1. The van der Waals surface area contributed by atoms with Crippen LogP contribution in [0.15, 0.2) is 72.8 Å². The Bertz CT molecular complexity index is 1740. The number of pyridine rings is 2. The molecule has 0 bridgehead atoms. The molecule has 0 amide bonds. The lowest BCUT2D eigenvalue weighted by molar-refractivity contribution is -0.132. The predicted octanol–water partition coefficient (Wildman–Crippen LogP) is 6.99. The van der Waals surface area contributed by atoms with Crippen LogP contribution in [0.5, 0.6) is 23.0 Å². The highest BCUT2D eigenvalue weighted by molar-refractivity contribution is 5.89. The number of rotatable bonds is 8. The molecule has 0 atom stereocenters. The minimum Gasteiger partial charge on any atom is -0.496 e. The lowest BCUT2D eigenvalue weighted by Gasteiger charge is -2.11. The van der Waals surface area contributed by atoms with Crippen LogP contribution in [0.2, 0.25) is 0 Å². The van der Waals surface area contributed by atoms with Crippen molar-refractivity contribution in [2.75, 3.05) is 14.2 Å². The molecule has 3 aromatic carbocycles. The van der Waals surface area contributed by atoms with Crippen molar-refractivity contribution in [2.45, 2.75) is 13.8 Å². The van der Waals surface area contributed by atoms with Crippen molar-refractivity contribution in [1.29, 1.82) is 0 Å². The number of carbonyl (C=O) groups excluding carboxylic acids is 2. The summed E-state index contributed by atoms with van der Waals surface area (Å²) in [7, 11) is 3.21. The van der Waals surface area contributed by atoms with Gasteiger partial charge in [0.2, 0.25) is 0 Å². The third-order valence-electron chi connectivity index (χ3n) is 6.37. The molecule has 0 spiro atoms. The molecule has 42 heavy (non-hydrogen) atoms. The summed E-state index contributed by atoms with van der Waals surface area (Å²) in [5.74, 6) is 1.29. The molecular weight excluding hydrogens is 532 g/mol. The monoisotopic (exact) mass is 560 g/mol. The van der Waals surface area contributed by atoms with Crippen LogP contribution in [0.25, 0.3) is 46.1 Å². The molecule has 5 rings (SSSR count). The molecule has 0 aliphatic carbocycles. The van der Waals surface area contributed by atoms with Gasteiger partial charge in [0.25, 0.3) is 0 Å². The van der Waals surface area contributed by atoms with E-state index < -0.39 is 11.9 Å². The molecule has 0 unspecified atom stereocenters. The average Bonchev–Trinajstić information content (AvgIpc) is 2.98. The summed E-state index contributed by atoms with van der Waals surface area (Å²) in [5, 5.41) is 1.73. The van der Waals surface area contributed by atoms with E-state index >= 15 is 0 Å². The minimum atomic E-state index is -0.403. The second-order valence-electron chi connectivity index (χ2n) is 9.32. The van der Waals surface area contributed by atoms with Crippen LogP contribution in [0.3, 0.4) is 0 Å². The number of hydrogen-bond donors (Lipinski definition) is 0. The third-order valence-corrected chi connectivity index (χ3v) is 6.37. The molecule has 2 heterocycles. The molecule has 2 aromatic heterocycles. The van der Waals surface area contributed by atoms with E-state index in [0.717, 1.165) is 21.9 Å². The number of ether oxygens (including phenoxy) is 4. The maximum atomic E-state index is 11.5. The number of carbonyl (C=O) groups is 2. The number of fused-ring (bicyclic) bond motifs is 2. The number of nitrogens with zero attached hydrogens (tertiary/aromatic N) is 2. The van der Waals surface area contributed by atoms with E-state index in [9.17, 15) is 9.59 Å². The Balaban J connectivity index is 1.45. The van der Waals surface area contributed by atoms with Crippen molar-refractivity contribution in [3.8, 4) is 23.0 Å². The summed E-state index contributed by atoms with van der Waals surface area (Å²) in [5.41, 5.74) is 4.14. The molecule has 0 saturated heterocycles. The third kappa shape index (κ3) is 6.28. The first-order valence-corrected chi connectivity index (χ1v) is 13.1. The van der Waals surface area contributed by atoms with Gasteiger partial charge in [0.1, 0.15) is 22.5 Å². The minimum absolute atomic E-state index is 0.403. The van der Waals surface area contributed by atoms with E-state index in [-0.39, 0.29) is 0 Å². The van der Waals surface area contributed by atoms with Crippen LogP contribution in [-0.4, -0.2) is 36.1 Å². The van der Waals surface area contributed by atoms with E-state index in [0.29, 0.717) is 45.4 Å². The van der Waals surface area contributed by atoms with Gasteiger partial charge in [0.15, 0.2) is 11.5 Å². The number of esters is 2. The molecule has 8 nitrogen and oxygen atoms in total. The van der Waals surface area contributed by atoms with E-state index in [4.69, 9.17) is 18.9 Å². The van der Waals surface area contributed by atoms with Crippen LogP contribution >= 0.6 is 0 Å². The van der Waals surface area contributed by atoms with Crippen LogP contribution in [0.4, 0.5) is 0 Å². The zero-order valence-corrected chi connectivity index (χ0v) is 23.6. The van der Waals surface area contributed by atoms with Crippen molar-refractivity contribution in [2.24, 2.45) is 0 Å². The molecule has 0 radical (unpaired) electrons. The van der Waals surface area contributed by atoms with Gasteiger partial charge in [-0.2, -0.15) is 0 Å². The van der Waals surface area contributed by atoms with Crippen molar-refractivity contribution >= 4 is 58.0 Å². The highest BCUT2D eigenvalue weighted by Crippen LogP contribution is 2.32. The van der Waals surface area contributed by atoms with Crippen molar-refractivity contribution in [1.82, 2.24) is 9.97 Å². The topological polar surface area (TPSA) is 96.8 Å². The van der Waals surface area contributed by atoms with E-state index in [1.807, 2.05) is 85.0 Å². The Labute approximate surface area is 242 Å². The SMILES string of the molecule is COc1cc(/C=C/c2ccc3cccc(OC(C)=O)c3n2)c(OC)cc1/C=C/c1ccc2cccc(OC(C)=O)c2n1. The Kier molecular flexibility index (Phi) is 8.24. The zero-order valence-electron chi connectivity index (χ0n) is 23.6. The molecule has 0 fully saturated rings. The van der Waals surface area contributed by atoms with Crippen LogP contribution < -0.4 is 18.9 Å². The molecule has 5 aromatic rings. The standard InChI is InChI=1S/C34H28N2O6/c1-21(37)41-29-9-5-7-23-11-15-27(35-33(23)29)17-13-25-19-32(40-4)26(20-31(25)39-3)14-18-28-16-12-24-8-6-10-30(34(24)36-28)42-22(2)38/h5-20H,1-4H3/b17-13+,18-14+. The predicted molar refractivity (Wildman–Crippen MR) is 164 cm³/mol. The number of para-hydroxylation sites is 2. The van der Waals surface area contributed by atoms with Gasteiger partial charge in [-0.3, -0.25) is 9.59 Å². The fourth-order valence-corrected chi connectivity index (χ4v) is 4.49. The summed E-state index contributed by atoms with van der Waals surface area (Å²) in [6.07, 6.45) is 7.49. The lowest BCUT2D eigenvalue weighted by Crippen LogP contribution is -2.02. The van der Waals surface area contributed by atoms with Gasteiger partial charge in [-0.25, -0.2) is 9.97 Å². The van der Waals surface area contributed by atoms with Crippen molar-refractivity contribution in [3.63, 3.8) is 0 Å². The maximum absolute atomic E-state index is 11.5.